The van der Waals surface area contributed by atoms with E-state index in [-0.39, 0.29) is 0 Å². The average molecular weight is 937 g/mol. The van der Waals surface area contributed by atoms with Crippen LogP contribution in [0.5, 0.6) is 0 Å². The number of amidine groups is 2. The van der Waals surface area contributed by atoms with Gasteiger partial charge in [-0.25, -0.2) is 9.98 Å². The third kappa shape index (κ3) is 7.13. The molecule has 1 unspecified atom stereocenters. The van der Waals surface area contributed by atoms with E-state index in [0.717, 1.165) is 72.6 Å². The lowest BCUT2D eigenvalue weighted by Crippen LogP contribution is -2.34. The van der Waals surface area contributed by atoms with Crippen LogP contribution in [0.25, 0.3) is 103 Å². The Hall–Kier alpha value is -9.16. The largest absolute Gasteiger partial charge is 0.344 e. The van der Waals surface area contributed by atoms with Gasteiger partial charge in [-0.3, -0.25) is 0 Å². The zero-order chi connectivity index (χ0) is 47.5. The van der Waals surface area contributed by atoms with Gasteiger partial charge in [-0.1, -0.05) is 206 Å². The maximum Gasteiger partial charge on any atom is 0.160 e. The lowest BCUT2D eigenvalue weighted by Gasteiger charge is -2.27. The fraction of sp³-hybridized carbons (Fsp3) is 0.0149. The molecule has 1 aliphatic rings. The third-order valence-electron chi connectivity index (χ3n) is 14.3. The average Bonchev–Trinajstić information content (AvgIpc) is 4.00. The molecule has 0 amide bonds. The number of fused-ring (bicyclic) bond motifs is 7. The minimum Gasteiger partial charge on any atom is -0.344 e. The summed E-state index contributed by atoms with van der Waals surface area (Å²) >= 11 is 1.84. The van der Waals surface area contributed by atoms with Crippen LogP contribution in [-0.2, 0) is 0 Å². The van der Waals surface area contributed by atoms with Crippen molar-refractivity contribution in [1.29, 1.82) is 0 Å². The van der Waals surface area contributed by atoms with Crippen molar-refractivity contribution in [3.63, 3.8) is 0 Å². The second kappa shape index (κ2) is 17.4. The van der Waals surface area contributed by atoms with Gasteiger partial charge in [0.1, 0.15) is 12.0 Å². The molecule has 5 heteroatoms. The number of thiophene rings is 1. The van der Waals surface area contributed by atoms with E-state index in [1.54, 1.807) is 0 Å². The fourth-order valence-corrected chi connectivity index (χ4v) is 12.0. The molecule has 1 atom stereocenters. The molecule has 0 bridgehead atoms. The quantitative estimate of drug-likeness (QED) is 0.162. The van der Waals surface area contributed by atoms with E-state index >= 15 is 0 Å². The van der Waals surface area contributed by atoms with Crippen molar-refractivity contribution in [2.75, 3.05) is 0 Å². The second-order valence-corrected chi connectivity index (χ2v) is 19.6. The van der Waals surface area contributed by atoms with E-state index in [4.69, 9.17) is 9.98 Å². The van der Waals surface area contributed by atoms with Crippen molar-refractivity contribution >= 4 is 75.8 Å². The molecule has 1 N–H and O–H groups in total. The molecule has 0 saturated carbocycles. The summed E-state index contributed by atoms with van der Waals surface area (Å²) in [5, 5.41) is 11.3. The number of nitrogens with one attached hydrogen (secondary N) is 1. The first-order chi connectivity index (χ1) is 35.7. The van der Waals surface area contributed by atoms with E-state index in [0.29, 0.717) is 5.84 Å². The molecule has 72 heavy (non-hydrogen) atoms. The van der Waals surface area contributed by atoms with Crippen LogP contribution < -0.4 is 5.32 Å². The van der Waals surface area contributed by atoms with Gasteiger partial charge in [-0.05, 0) is 104 Å². The Balaban J connectivity index is 1.03. The number of aliphatic imine (C=N–C) groups is 2. The molecule has 0 radical (unpaired) electrons. The monoisotopic (exact) mass is 936 g/mol. The highest BCUT2D eigenvalue weighted by molar-refractivity contribution is 7.25. The highest BCUT2D eigenvalue weighted by atomic mass is 32.1. The molecular weight excluding hydrogens is 893 g/mol. The predicted molar refractivity (Wildman–Crippen MR) is 305 cm³/mol. The van der Waals surface area contributed by atoms with Crippen LogP contribution >= 0.6 is 11.3 Å². The number of hydrogen-bond donors (Lipinski definition) is 1. The van der Waals surface area contributed by atoms with Gasteiger partial charge in [0.25, 0.3) is 0 Å². The van der Waals surface area contributed by atoms with Crippen molar-refractivity contribution in [1.82, 2.24) is 9.88 Å². The molecule has 11 aromatic carbocycles. The molecule has 14 rings (SSSR count). The molecule has 13 aromatic rings. The van der Waals surface area contributed by atoms with Gasteiger partial charge in [0, 0.05) is 53.3 Å². The van der Waals surface area contributed by atoms with Crippen LogP contribution in [0, 0.1) is 0 Å². The summed E-state index contributed by atoms with van der Waals surface area (Å²) < 4.78 is 5.02. The van der Waals surface area contributed by atoms with Gasteiger partial charge < -0.3 is 9.88 Å². The van der Waals surface area contributed by atoms with E-state index in [1.807, 2.05) is 11.3 Å². The highest BCUT2D eigenvalue weighted by Gasteiger charge is 2.28. The van der Waals surface area contributed by atoms with Crippen molar-refractivity contribution in [3.05, 3.63) is 271 Å². The highest BCUT2D eigenvalue weighted by Crippen LogP contribution is 2.44. The number of aromatic nitrogens is 1. The van der Waals surface area contributed by atoms with Gasteiger partial charge in [-0.2, -0.15) is 0 Å². The van der Waals surface area contributed by atoms with Crippen molar-refractivity contribution in [2.45, 2.75) is 6.17 Å². The standard InChI is InChI=1S/C67H44N4S/c1-4-19-43(20-5-1)50-27-12-14-30-54(50)65-68-66(55-31-15-13-28-51(55)44-21-6-2-7-22-44)70-67(69-65)56-37-36-49(42-57(56)48-35-38-63-58(40-48)53-29-16-17-34-62(53)72-63)71-60-33-18-32-52(45-23-8-3-9-24-45)64(60)59-39-46-25-10-11-26-47(46)41-61(59)71/h1-42,67H,(H,68,69,70). The molecule has 3 heterocycles. The molecule has 2 aromatic heterocycles. The molecular formula is C67H44N4S. The van der Waals surface area contributed by atoms with Crippen molar-refractivity contribution in [2.24, 2.45) is 9.98 Å². The van der Waals surface area contributed by atoms with Gasteiger partial charge in [0.2, 0.25) is 0 Å². The SMILES string of the molecule is c1ccc(-c2ccccc2C2=NC(c3ccc(-n4c5cc6ccccc6cc5c5c(-c6ccccc6)cccc54)cc3-c3ccc4sc5ccccc5c4c3)NC(c3ccccc3-c3ccccc3)=N2)cc1. The summed E-state index contributed by atoms with van der Waals surface area (Å²) in [6.07, 6.45) is -0.508. The first-order valence-corrected chi connectivity index (χ1v) is 25.3. The molecule has 1 aliphatic heterocycles. The Morgan fingerprint density at radius 1 is 0.375 bits per heavy atom. The third-order valence-corrected chi connectivity index (χ3v) is 15.4. The van der Waals surface area contributed by atoms with Crippen LogP contribution in [0.3, 0.4) is 0 Å². The van der Waals surface area contributed by atoms with E-state index in [9.17, 15) is 0 Å². The summed E-state index contributed by atoms with van der Waals surface area (Å²) in [4.78, 5) is 11.1. The molecule has 0 saturated heterocycles. The Morgan fingerprint density at radius 2 is 0.958 bits per heavy atom. The summed E-state index contributed by atoms with van der Waals surface area (Å²) in [6, 6.07) is 92.0. The normalized spacial score (nSPS) is 13.7. The van der Waals surface area contributed by atoms with Crippen molar-refractivity contribution in [3.8, 4) is 50.2 Å². The zero-order valence-electron chi connectivity index (χ0n) is 39.1. The summed E-state index contributed by atoms with van der Waals surface area (Å²) in [5.41, 5.74) is 15.4. The molecule has 0 fully saturated rings. The maximum absolute atomic E-state index is 5.66. The van der Waals surface area contributed by atoms with E-state index in [1.165, 1.54) is 52.8 Å². The summed E-state index contributed by atoms with van der Waals surface area (Å²) in [6.45, 7) is 0. The summed E-state index contributed by atoms with van der Waals surface area (Å²) in [5.74, 6) is 1.44. The van der Waals surface area contributed by atoms with Crippen LogP contribution in [0.1, 0.15) is 22.9 Å². The predicted octanol–water partition coefficient (Wildman–Crippen LogP) is 17.5. The number of benzene rings is 11. The fourth-order valence-electron chi connectivity index (χ4n) is 10.9. The van der Waals surface area contributed by atoms with E-state index in [2.05, 4.69) is 265 Å². The van der Waals surface area contributed by atoms with Gasteiger partial charge in [0.05, 0.1) is 11.0 Å². The minimum atomic E-state index is -0.508. The van der Waals surface area contributed by atoms with Crippen LogP contribution in [0.4, 0.5) is 0 Å². The summed E-state index contributed by atoms with van der Waals surface area (Å²) in [7, 11) is 0. The van der Waals surface area contributed by atoms with Gasteiger partial charge in [0.15, 0.2) is 5.84 Å². The van der Waals surface area contributed by atoms with Crippen LogP contribution in [0.2, 0.25) is 0 Å². The minimum absolute atomic E-state index is 0.508. The lowest BCUT2D eigenvalue weighted by molar-refractivity contribution is 0.676. The molecule has 4 nitrogen and oxygen atoms in total. The molecule has 0 spiro atoms. The molecule has 338 valence electrons. The number of rotatable bonds is 8. The first-order valence-electron chi connectivity index (χ1n) is 24.5. The smallest absolute Gasteiger partial charge is 0.160 e. The topological polar surface area (TPSA) is 41.7 Å². The zero-order valence-corrected chi connectivity index (χ0v) is 39.9. The first kappa shape index (κ1) is 41.8. The Morgan fingerprint density at radius 3 is 1.69 bits per heavy atom. The lowest BCUT2D eigenvalue weighted by atomic mass is 9.94. The number of nitrogens with zero attached hydrogens (tertiary/aromatic N) is 3. The second-order valence-electron chi connectivity index (χ2n) is 18.5. The van der Waals surface area contributed by atoms with Gasteiger partial charge >= 0.3 is 0 Å². The van der Waals surface area contributed by atoms with E-state index < -0.39 is 6.17 Å². The maximum atomic E-state index is 5.66. The van der Waals surface area contributed by atoms with Gasteiger partial charge in [-0.15, -0.1) is 11.3 Å². The van der Waals surface area contributed by atoms with Crippen molar-refractivity contribution < 1.29 is 0 Å². The Kier molecular flexibility index (Phi) is 10.1. The Bertz CT molecular complexity index is 4300. The number of hydrogen-bond acceptors (Lipinski definition) is 4. The Labute approximate surface area is 421 Å². The molecule has 0 aliphatic carbocycles. The van der Waals surface area contributed by atoms with Crippen LogP contribution in [-0.4, -0.2) is 16.2 Å². The van der Waals surface area contributed by atoms with Crippen LogP contribution in [0.15, 0.2) is 265 Å².